The molecule has 0 bridgehead atoms. The molecule has 1 amide bonds. The molecule has 9 nitrogen and oxygen atoms in total. The van der Waals surface area contributed by atoms with E-state index in [0.717, 1.165) is 18.9 Å². The number of carbonyl (C=O) groups excluding carboxylic acids is 4. The molecule has 0 radical (unpaired) electrons. The number of hydrogen-bond acceptors (Lipinski definition) is 8. The normalized spacial score (nSPS) is 21.2. The van der Waals surface area contributed by atoms with E-state index in [4.69, 9.17) is 4.74 Å². The Labute approximate surface area is 219 Å². The SMILES string of the molecule is CC(=O)c1c(O)c(C)c(O)c2c1OC1=CC(=O)C(=C(C)NCC(=O)NC3Cc4ccccc4C3)C(=O)C12C. The van der Waals surface area contributed by atoms with Crippen LogP contribution in [0.1, 0.15) is 53.4 Å². The number of amides is 1. The van der Waals surface area contributed by atoms with Crippen LogP contribution in [0.3, 0.4) is 0 Å². The summed E-state index contributed by atoms with van der Waals surface area (Å²) >= 11 is 0. The van der Waals surface area contributed by atoms with Crippen LogP contribution in [0, 0.1) is 6.92 Å². The lowest BCUT2D eigenvalue weighted by atomic mass is 9.70. The van der Waals surface area contributed by atoms with Gasteiger partial charge in [-0.2, -0.15) is 0 Å². The van der Waals surface area contributed by atoms with Gasteiger partial charge in [0.05, 0.1) is 17.7 Å². The van der Waals surface area contributed by atoms with E-state index in [1.54, 1.807) is 0 Å². The molecule has 3 aliphatic rings. The van der Waals surface area contributed by atoms with Gasteiger partial charge in [-0.05, 0) is 51.7 Å². The number of rotatable bonds is 5. The zero-order valence-corrected chi connectivity index (χ0v) is 21.5. The highest BCUT2D eigenvalue weighted by Gasteiger charge is 2.56. The summed E-state index contributed by atoms with van der Waals surface area (Å²) in [6.07, 6.45) is 2.63. The summed E-state index contributed by atoms with van der Waals surface area (Å²) in [5, 5.41) is 27.2. The van der Waals surface area contributed by atoms with Crippen LogP contribution in [0.25, 0.3) is 0 Å². The number of carbonyl (C=O) groups is 4. The van der Waals surface area contributed by atoms with E-state index in [9.17, 15) is 29.4 Å². The van der Waals surface area contributed by atoms with E-state index < -0.39 is 34.3 Å². The Bertz CT molecular complexity index is 1490. The van der Waals surface area contributed by atoms with Crippen LogP contribution in [0.15, 0.2) is 47.4 Å². The quantitative estimate of drug-likeness (QED) is 0.270. The molecule has 1 atom stereocenters. The lowest BCUT2D eigenvalue weighted by Gasteiger charge is -2.29. The average molecular weight is 517 g/mol. The molecule has 0 spiro atoms. The lowest BCUT2D eigenvalue weighted by molar-refractivity contribution is -0.124. The Kier molecular flexibility index (Phi) is 5.89. The molecule has 2 aromatic rings. The predicted octanol–water partition coefficient (Wildman–Crippen LogP) is 2.44. The second-order valence-corrected chi connectivity index (χ2v) is 10.2. The summed E-state index contributed by atoms with van der Waals surface area (Å²) in [5.74, 6) is -3.09. The van der Waals surface area contributed by atoms with Crippen molar-refractivity contribution in [1.29, 1.82) is 0 Å². The van der Waals surface area contributed by atoms with Gasteiger partial charge in [0.2, 0.25) is 5.91 Å². The van der Waals surface area contributed by atoms with Crippen LogP contribution in [0.2, 0.25) is 0 Å². The number of aromatic hydroxyl groups is 2. The Balaban J connectivity index is 1.40. The third-order valence-electron chi connectivity index (χ3n) is 7.69. The first kappa shape index (κ1) is 25.3. The summed E-state index contributed by atoms with van der Waals surface area (Å²) in [6.45, 7) is 5.54. The largest absolute Gasteiger partial charge is 0.507 e. The van der Waals surface area contributed by atoms with E-state index in [1.165, 1.54) is 38.8 Å². The van der Waals surface area contributed by atoms with Crippen LogP contribution >= 0.6 is 0 Å². The number of Topliss-reactive ketones (excluding diaryl/α,β-unsaturated/α-hetero) is 2. The molecule has 0 aromatic heterocycles. The number of hydrogen-bond donors (Lipinski definition) is 4. The standard InChI is InChI=1S/C29H28N2O7/c1-13-25(35)23(15(3)32)27-24(26(13)36)29(4)20(38-27)11-19(33)22(28(29)37)14(2)30-12-21(34)31-18-9-16-7-5-6-8-17(16)10-18/h5-8,11,18,30,35-36H,9-10,12H2,1-4H3,(H,31,34). The van der Waals surface area contributed by atoms with E-state index in [0.29, 0.717) is 0 Å². The molecule has 4 N–H and O–H groups in total. The summed E-state index contributed by atoms with van der Waals surface area (Å²) in [4.78, 5) is 51.8. The van der Waals surface area contributed by atoms with Gasteiger partial charge in [-0.3, -0.25) is 19.2 Å². The monoisotopic (exact) mass is 516 g/mol. The highest BCUT2D eigenvalue weighted by molar-refractivity contribution is 6.31. The van der Waals surface area contributed by atoms with E-state index >= 15 is 0 Å². The maximum atomic E-state index is 13.8. The average Bonchev–Trinajstić information content (AvgIpc) is 3.39. The predicted molar refractivity (Wildman–Crippen MR) is 137 cm³/mol. The van der Waals surface area contributed by atoms with Gasteiger partial charge in [0.1, 0.15) is 34.0 Å². The number of benzene rings is 2. The van der Waals surface area contributed by atoms with Gasteiger partial charge in [0.25, 0.3) is 0 Å². The number of ketones is 3. The van der Waals surface area contributed by atoms with Crippen molar-refractivity contribution in [2.45, 2.75) is 52.0 Å². The van der Waals surface area contributed by atoms with Gasteiger partial charge < -0.3 is 25.6 Å². The molecule has 1 aliphatic heterocycles. The third kappa shape index (κ3) is 3.69. The topological polar surface area (TPSA) is 142 Å². The molecule has 196 valence electrons. The Morgan fingerprint density at radius 1 is 1.08 bits per heavy atom. The second-order valence-electron chi connectivity index (χ2n) is 10.2. The molecule has 1 heterocycles. The van der Waals surface area contributed by atoms with Crippen LogP contribution in [-0.2, 0) is 32.6 Å². The first-order chi connectivity index (χ1) is 17.9. The second kappa shape index (κ2) is 8.86. The van der Waals surface area contributed by atoms with Crippen molar-refractivity contribution in [2.24, 2.45) is 0 Å². The number of ether oxygens (including phenoxy) is 1. The summed E-state index contributed by atoms with van der Waals surface area (Å²) in [5.41, 5.74) is 0.709. The minimum atomic E-state index is -1.61. The molecule has 0 saturated carbocycles. The smallest absolute Gasteiger partial charge is 0.239 e. The van der Waals surface area contributed by atoms with Crippen LogP contribution in [-0.4, -0.2) is 46.1 Å². The number of allylic oxidation sites excluding steroid dienone is 4. The van der Waals surface area contributed by atoms with Gasteiger partial charge in [-0.25, -0.2) is 0 Å². The van der Waals surface area contributed by atoms with Crippen molar-refractivity contribution in [3.05, 3.63) is 75.2 Å². The van der Waals surface area contributed by atoms with Crippen LogP contribution in [0.5, 0.6) is 17.2 Å². The molecule has 5 rings (SSSR count). The van der Waals surface area contributed by atoms with Crippen LogP contribution < -0.4 is 15.4 Å². The molecular weight excluding hydrogens is 488 g/mol. The molecule has 0 saturated heterocycles. The third-order valence-corrected chi connectivity index (χ3v) is 7.69. The number of fused-ring (bicyclic) bond motifs is 4. The van der Waals surface area contributed by atoms with Crippen molar-refractivity contribution in [3.63, 3.8) is 0 Å². The molecule has 0 fully saturated rings. The van der Waals surface area contributed by atoms with E-state index in [-0.39, 0.29) is 58.0 Å². The molecule has 9 heteroatoms. The maximum Gasteiger partial charge on any atom is 0.239 e. The Hall–Kier alpha value is -4.40. The molecule has 1 unspecified atom stereocenters. The highest BCUT2D eigenvalue weighted by Crippen LogP contribution is 2.57. The molecule has 38 heavy (non-hydrogen) atoms. The van der Waals surface area contributed by atoms with Crippen molar-refractivity contribution < 1.29 is 34.1 Å². The van der Waals surface area contributed by atoms with Crippen molar-refractivity contribution in [1.82, 2.24) is 10.6 Å². The Morgan fingerprint density at radius 3 is 2.32 bits per heavy atom. The maximum absolute atomic E-state index is 13.8. The summed E-state index contributed by atoms with van der Waals surface area (Å²) in [7, 11) is 0. The van der Waals surface area contributed by atoms with Crippen LogP contribution in [0.4, 0.5) is 0 Å². The first-order valence-corrected chi connectivity index (χ1v) is 12.3. The highest BCUT2D eigenvalue weighted by atomic mass is 16.5. The lowest BCUT2D eigenvalue weighted by Crippen LogP contribution is -2.43. The molecule has 2 aromatic carbocycles. The van der Waals surface area contributed by atoms with Crippen molar-refractivity contribution >= 4 is 23.3 Å². The fourth-order valence-corrected chi connectivity index (χ4v) is 5.60. The number of nitrogens with one attached hydrogen (secondary N) is 2. The van der Waals surface area contributed by atoms with Crippen molar-refractivity contribution in [2.75, 3.05) is 6.54 Å². The summed E-state index contributed by atoms with van der Waals surface area (Å²) < 4.78 is 5.76. The van der Waals surface area contributed by atoms with Gasteiger partial charge in [0.15, 0.2) is 17.3 Å². The van der Waals surface area contributed by atoms with Crippen molar-refractivity contribution in [3.8, 4) is 17.2 Å². The fraction of sp³-hybridized carbons (Fsp3) is 0.310. The molecular formula is C29H28N2O7. The first-order valence-electron chi connectivity index (χ1n) is 12.3. The van der Waals surface area contributed by atoms with Gasteiger partial charge >= 0.3 is 0 Å². The number of phenols is 2. The zero-order chi connectivity index (χ0) is 27.5. The Morgan fingerprint density at radius 2 is 1.71 bits per heavy atom. The van der Waals surface area contributed by atoms with Gasteiger partial charge in [-0.15, -0.1) is 0 Å². The van der Waals surface area contributed by atoms with E-state index in [2.05, 4.69) is 10.6 Å². The minimum absolute atomic E-state index is 0.0191. The zero-order valence-electron chi connectivity index (χ0n) is 21.5. The fourth-order valence-electron chi connectivity index (χ4n) is 5.60. The number of phenolic OH excluding ortho intramolecular Hbond substituents is 2. The van der Waals surface area contributed by atoms with Gasteiger partial charge in [-0.1, -0.05) is 24.3 Å². The van der Waals surface area contributed by atoms with Gasteiger partial charge in [0, 0.05) is 23.4 Å². The molecule has 2 aliphatic carbocycles. The minimum Gasteiger partial charge on any atom is -0.507 e. The summed E-state index contributed by atoms with van der Waals surface area (Å²) in [6, 6.07) is 8.00. The van der Waals surface area contributed by atoms with E-state index in [1.807, 2.05) is 24.3 Å².